The van der Waals surface area contributed by atoms with Crippen molar-refractivity contribution in [1.82, 2.24) is 5.32 Å². The molecule has 0 saturated carbocycles. The molecule has 0 bridgehead atoms. The van der Waals surface area contributed by atoms with Crippen LogP contribution in [-0.4, -0.2) is 17.1 Å². The highest BCUT2D eigenvalue weighted by molar-refractivity contribution is 5.74. The van der Waals surface area contributed by atoms with Gasteiger partial charge in [-0.1, -0.05) is 24.3 Å². The molecule has 1 aromatic rings. The average Bonchev–Trinajstić information content (AvgIpc) is 2.67. The number of hydrogen-bond acceptors (Lipinski definition) is 2. The van der Waals surface area contributed by atoms with Gasteiger partial charge in [-0.25, -0.2) is 0 Å². The van der Waals surface area contributed by atoms with E-state index < -0.39 is 5.97 Å². The molecule has 1 saturated heterocycles. The van der Waals surface area contributed by atoms with Crippen LogP contribution in [-0.2, 0) is 4.79 Å². The van der Waals surface area contributed by atoms with Gasteiger partial charge in [0, 0.05) is 6.04 Å². The van der Waals surface area contributed by atoms with Gasteiger partial charge in [0.25, 0.3) is 0 Å². The molecule has 0 amide bonds. The second-order valence-electron chi connectivity index (χ2n) is 4.04. The van der Waals surface area contributed by atoms with Crippen LogP contribution in [0.5, 0.6) is 0 Å². The number of nitrogens with one attached hydrogen (secondary N) is 1. The molecule has 80 valence electrons. The van der Waals surface area contributed by atoms with E-state index in [-0.39, 0.29) is 12.1 Å². The monoisotopic (exact) mass is 205 g/mol. The van der Waals surface area contributed by atoms with Crippen molar-refractivity contribution in [2.75, 3.05) is 0 Å². The molecule has 1 aliphatic heterocycles. The van der Waals surface area contributed by atoms with E-state index in [1.54, 1.807) is 0 Å². The van der Waals surface area contributed by atoms with Crippen LogP contribution in [0.25, 0.3) is 0 Å². The lowest BCUT2D eigenvalue weighted by Crippen LogP contribution is -2.31. The summed E-state index contributed by atoms with van der Waals surface area (Å²) < 4.78 is 0. The molecule has 0 unspecified atom stereocenters. The van der Waals surface area contributed by atoms with Crippen molar-refractivity contribution in [3.63, 3.8) is 0 Å². The van der Waals surface area contributed by atoms with E-state index in [9.17, 15) is 4.79 Å². The normalized spacial score (nSPS) is 25.4. The summed E-state index contributed by atoms with van der Waals surface area (Å²) in [6.45, 7) is 2.06. The molecule has 0 aromatic heterocycles. The second-order valence-corrected chi connectivity index (χ2v) is 4.04. The molecule has 0 radical (unpaired) electrons. The molecular formula is C12H15NO2. The third-order valence-electron chi connectivity index (χ3n) is 3.01. The fourth-order valence-corrected chi connectivity index (χ4v) is 2.16. The Morgan fingerprint density at radius 2 is 2.13 bits per heavy atom. The Labute approximate surface area is 89.1 Å². The lowest BCUT2D eigenvalue weighted by Gasteiger charge is -2.14. The van der Waals surface area contributed by atoms with Crippen molar-refractivity contribution in [2.24, 2.45) is 0 Å². The molecule has 3 nitrogen and oxygen atoms in total. The van der Waals surface area contributed by atoms with Gasteiger partial charge in [0.15, 0.2) is 0 Å². The fraction of sp³-hybridized carbons (Fsp3) is 0.417. The highest BCUT2D eigenvalue weighted by Gasteiger charge is 2.29. The number of carboxylic acid groups (broad SMARTS) is 1. The van der Waals surface area contributed by atoms with Crippen LogP contribution in [0.2, 0.25) is 0 Å². The van der Waals surface area contributed by atoms with Crippen molar-refractivity contribution < 1.29 is 9.90 Å². The first kappa shape index (κ1) is 10.2. The maximum absolute atomic E-state index is 10.8. The van der Waals surface area contributed by atoms with Gasteiger partial charge in [-0.15, -0.1) is 0 Å². The van der Waals surface area contributed by atoms with Crippen molar-refractivity contribution in [1.29, 1.82) is 0 Å². The SMILES string of the molecule is Cc1ccccc1[C@H]1CC[C@@H](C(=O)O)N1. The summed E-state index contributed by atoms with van der Waals surface area (Å²) in [6, 6.07) is 7.95. The van der Waals surface area contributed by atoms with Crippen molar-refractivity contribution in [2.45, 2.75) is 31.8 Å². The third kappa shape index (κ3) is 2.02. The van der Waals surface area contributed by atoms with Gasteiger partial charge in [0.1, 0.15) is 6.04 Å². The van der Waals surface area contributed by atoms with Crippen LogP contribution in [0, 0.1) is 6.92 Å². The molecule has 2 N–H and O–H groups in total. The minimum atomic E-state index is -0.744. The zero-order valence-corrected chi connectivity index (χ0v) is 8.73. The molecule has 0 spiro atoms. The number of aliphatic carboxylic acids is 1. The Morgan fingerprint density at radius 1 is 1.40 bits per heavy atom. The first-order chi connectivity index (χ1) is 7.18. The van der Waals surface area contributed by atoms with Gasteiger partial charge in [-0.05, 0) is 30.9 Å². The van der Waals surface area contributed by atoms with E-state index in [2.05, 4.69) is 24.4 Å². The Morgan fingerprint density at radius 3 is 2.73 bits per heavy atom. The molecule has 1 fully saturated rings. The summed E-state index contributed by atoms with van der Waals surface area (Å²) in [6.07, 6.45) is 1.62. The highest BCUT2D eigenvalue weighted by Crippen LogP contribution is 2.28. The molecule has 3 heteroatoms. The Bertz CT molecular complexity index is 376. The van der Waals surface area contributed by atoms with E-state index in [1.807, 2.05) is 12.1 Å². The van der Waals surface area contributed by atoms with Gasteiger partial charge in [-0.2, -0.15) is 0 Å². The van der Waals surface area contributed by atoms with Crippen LogP contribution in [0.3, 0.4) is 0 Å². The summed E-state index contributed by atoms with van der Waals surface area (Å²) in [5.74, 6) is -0.744. The predicted octanol–water partition coefficient (Wildman–Crippen LogP) is 1.87. The molecular weight excluding hydrogens is 190 g/mol. The molecule has 2 rings (SSSR count). The average molecular weight is 205 g/mol. The third-order valence-corrected chi connectivity index (χ3v) is 3.01. The Hall–Kier alpha value is -1.35. The first-order valence-electron chi connectivity index (χ1n) is 5.23. The van der Waals surface area contributed by atoms with Crippen LogP contribution < -0.4 is 5.32 Å². The van der Waals surface area contributed by atoms with Crippen LogP contribution in [0.1, 0.15) is 30.0 Å². The topological polar surface area (TPSA) is 49.3 Å². The van der Waals surface area contributed by atoms with Crippen molar-refractivity contribution in [3.05, 3.63) is 35.4 Å². The van der Waals surface area contributed by atoms with E-state index in [1.165, 1.54) is 11.1 Å². The van der Waals surface area contributed by atoms with E-state index in [0.29, 0.717) is 6.42 Å². The zero-order chi connectivity index (χ0) is 10.8. The van der Waals surface area contributed by atoms with Gasteiger partial charge < -0.3 is 5.11 Å². The quantitative estimate of drug-likeness (QED) is 0.775. The summed E-state index contributed by atoms with van der Waals surface area (Å²) >= 11 is 0. The van der Waals surface area contributed by atoms with Crippen LogP contribution >= 0.6 is 0 Å². The molecule has 1 heterocycles. The zero-order valence-electron chi connectivity index (χ0n) is 8.73. The largest absolute Gasteiger partial charge is 0.480 e. The lowest BCUT2D eigenvalue weighted by atomic mass is 10.0. The van der Waals surface area contributed by atoms with Gasteiger partial charge in [-0.3, -0.25) is 10.1 Å². The smallest absolute Gasteiger partial charge is 0.320 e. The highest BCUT2D eigenvalue weighted by atomic mass is 16.4. The molecule has 2 atom stereocenters. The number of aryl methyl sites for hydroxylation is 1. The number of hydrogen-bond donors (Lipinski definition) is 2. The predicted molar refractivity (Wildman–Crippen MR) is 57.7 cm³/mol. The van der Waals surface area contributed by atoms with E-state index in [0.717, 1.165) is 6.42 Å². The first-order valence-corrected chi connectivity index (χ1v) is 5.23. The molecule has 1 aliphatic rings. The van der Waals surface area contributed by atoms with Crippen LogP contribution in [0.15, 0.2) is 24.3 Å². The van der Waals surface area contributed by atoms with E-state index >= 15 is 0 Å². The summed E-state index contributed by atoms with van der Waals surface area (Å²) in [7, 11) is 0. The number of carboxylic acids is 1. The maximum Gasteiger partial charge on any atom is 0.320 e. The van der Waals surface area contributed by atoms with Gasteiger partial charge in [0.05, 0.1) is 0 Å². The fourth-order valence-electron chi connectivity index (χ4n) is 2.16. The Kier molecular flexibility index (Phi) is 2.73. The molecule has 0 aliphatic carbocycles. The lowest BCUT2D eigenvalue weighted by molar-refractivity contribution is -0.139. The minimum absolute atomic E-state index is 0.201. The van der Waals surface area contributed by atoms with Crippen molar-refractivity contribution in [3.8, 4) is 0 Å². The molecule has 15 heavy (non-hydrogen) atoms. The molecule has 1 aromatic carbocycles. The minimum Gasteiger partial charge on any atom is -0.480 e. The van der Waals surface area contributed by atoms with Gasteiger partial charge in [0.2, 0.25) is 0 Å². The summed E-state index contributed by atoms with van der Waals surface area (Å²) in [5.41, 5.74) is 2.45. The number of rotatable bonds is 2. The number of carbonyl (C=O) groups is 1. The standard InChI is InChI=1S/C12H15NO2/c1-8-4-2-3-5-9(8)10-6-7-11(13-10)12(14)15/h2-5,10-11,13H,6-7H2,1H3,(H,14,15)/t10-,11+/m1/s1. The maximum atomic E-state index is 10.8. The number of benzene rings is 1. The van der Waals surface area contributed by atoms with E-state index in [4.69, 9.17) is 5.11 Å². The van der Waals surface area contributed by atoms with Crippen molar-refractivity contribution >= 4 is 5.97 Å². The summed E-state index contributed by atoms with van der Waals surface area (Å²) in [4.78, 5) is 10.8. The Balaban J connectivity index is 2.14. The van der Waals surface area contributed by atoms with Crippen LogP contribution in [0.4, 0.5) is 0 Å². The van der Waals surface area contributed by atoms with Gasteiger partial charge >= 0.3 is 5.97 Å². The second kappa shape index (κ2) is 4.03. The summed E-state index contributed by atoms with van der Waals surface area (Å²) in [5, 5.41) is 12.0.